The summed E-state index contributed by atoms with van der Waals surface area (Å²) < 4.78 is 0. The molecule has 0 heterocycles. The van der Waals surface area contributed by atoms with Crippen LogP contribution in [0.3, 0.4) is 0 Å². The third kappa shape index (κ3) is 6.46. The molecular formula is C56H39N. The Morgan fingerprint density at radius 2 is 0.649 bits per heavy atom. The Labute approximate surface area is 334 Å². The van der Waals surface area contributed by atoms with Crippen molar-refractivity contribution in [3.63, 3.8) is 0 Å². The molecule has 0 saturated heterocycles. The third-order valence-electron chi connectivity index (χ3n) is 11.0. The van der Waals surface area contributed by atoms with Crippen LogP contribution in [0.25, 0.3) is 77.2 Å². The molecule has 0 spiro atoms. The Kier molecular flexibility index (Phi) is 8.95. The van der Waals surface area contributed by atoms with Crippen LogP contribution in [0.5, 0.6) is 0 Å². The minimum absolute atomic E-state index is 1.09. The number of nitrogens with zero attached hydrogens (tertiary/aromatic N) is 1. The summed E-state index contributed by atoms with van der Waals surface area (Å²) in [7, 11) is 0. The number of para-hydroxylation sites is 1. The van der Waals surface area contributed by atoms with Gasteiger partial charge in [-0.2, -0.15) is 0 Å². The maximum Gasteiger partial charge on any atom is 0.0540 e. The van der Waals surface area contributed by atoms with Gasteiger partial charge in [-0.25, -0.2) is 0 Å². The van der Waals surface area contributed by atoms with Gasteiger partial charge in [-0.15, -0.1) is 0 Å². The summed E-state index contributed by atoms with van der Waals surface area (Å²) in [6.07, 6.45) is 0. The van der Waals surface area contributed by atoms with Crippen LogP contribution in [-0.2, 0) is 0 Å². The van der Waals surface area contributed by atoms with Crippen molar-refractivity contribution in [2.45, 2.75) is 0 Å². The van der Waals surface area contributed by atoms with Gasteiger partial charge in [-0.3, -0.25) is 0 Å². The van der Waals surface area contributed by atoms with Gasteiger partial charge in [0.05, 0.1) is 5.69 Å². The maximum atomic E-state index is 2.46. The van der Waals surface area contributed by atoms with Crippen LogP contribution in [0.1, 0.15) is 0 Å². The molecule has 0 fully saturated rings. The van der Waals surface area contributed by atoms with E-state index in [-0.39, 0.29) is 0 Å². The third-order valence-corrected chi connectivity index (χ3v) is 11.0. The largest absolute Gasteiger partial charge is 0.310 e. The minimum Gasteiger partial charge on any atom is -0.310 e. The summed E-state index contributed by atoms with van der Waals surface area (Å²) in [6, 6.07) is 85.7. The SMILES string of the molecule is c1ccc(-c2cc(-c3ccccc3)cc(N(c3ccc4c(-c5ccccc5)c(-c5ccccc5)c5ccccc5c4c3)c3ccccc3-c3ccccc3)c2)cc1. The standard InChI is InChI=1S/C56H39N/c1-6-20-40(21-7-1)45-36-46(41-22-8-2-9-23-41)38-48(37-45)57(54-33-19-18-30-49(54)42-24-10-3-11-25-42)47-34-35-52-53(39-47)50-31-16-17-32-51(50)55(43-26-12-4-13-27-43)56(52)44-28-14-5-15-29-44/h1-39H. The quantitative estimate of drug-likeness (QED) is 0.141. The Balaban J connectivity index is 1.29. The van der Waals surface area contributed by atoms with E-state index in [0.29, 0.717) is 0 Å². The molecule has 0 aliphatic carbocycles. The molecule has 0 unspecified atom stereocenters. The van der Waals surface area contributed by atoms with Crippen LogP contribution in [0.15, 0.2) is 237 Å². The van der Waals surface area contributed by atoms with E-state index < -0.39 is 0 Å². The molecule has 1 heteroatoms. The first-order valence-electron chi connectivity index (χ1n) is 19.6. The van der Waals surface area contributed by atoms with E-state index in [4.69, 9.17) is 0 Å². The molecule has 0 atom stereocenters. The second-order valence-electron chi connectivity index (χ2n) is 14.5. The van der Waals surface area contributed by atoms with Gasteiger partial charge in [0.15, 0.2) is 0 Å². The lowest BCUT2D eigenvalue weighted by Crippen LogP contribution is -2.12. The summed E-state index contributed by atoms with van der Waals surface area (Å²) in [5.41, 5.74) is 15.2. The Morgan fingerprint density at radius 3 is 1.19 bits per heavy atom. The van der Waals surface area contributed by atoms with Crippen molar-refractivity contribution >= 4 is 38.6 Å². The van der Waals surface area contributed by atoms with Crippen LogP contribution < -0.4 is 4.90 Å². The van der Waals surface area contributed by atoms with E-state index in [1.165, 1.54) is 77.2 Å². The predicted octanol–water partition coefficient (Wildman–Crippen LogP) is 15.8. The topological polar surface area (TPSA) is 3.24 Å². The van der Waals surface area contributed by atoms with E-state index in [0.717, 1.165) is 17.1 Å². The lowest BCUT2D eigenvalue weighted by molar-refractivity contribution is 1.29. The zero-order valence-electron chi connectivity index (χ0n) is 31.5. The van der Waals surface area contributed by atoms with Crippen LogP contribution in [0, 0.1) is 0 Å². The van der Waals surface area contributed by atoms with Gasteiger partial charge in [0.25, 0.3) is 0 Å². The molecule has 10 aromatic rings. The molecule has 0 aliphatic heterocycles. The number of hydrogen-bond acceptors (Lipinski definition) is 1. The molecule has 1 nitrogen and oxygen atoms in total. The molecule has 0 bridgehead atoms. The first kappa shape index (κ1) is 34.0. The molecular weight excluding hydrogens is 687 g/mol. The fourth-order valence-corrected chi connectivity index (χ4v) is 8.42. The highest BCUT2D eigenvalue weighted by atomic mass is 15.1. The normalized spacial score (nSPS) is 11.2. The van der Waals surface area contributed by atoms with Crippen molar-refractivity contribution in [2.24, 2.45) is 0 Å². The van der Waals surface area contributed by atoms with Gasteiger partial charge in [0.2, 0.25) is 0 Å². The molecule has 268 valence electrons. The van der Waals surface area contributed by atoms with Gasteiger partial charge < -0.3 is 4.90 Å². The van der Waals surface area contributed by atoms with E-state index >= 15 is 0 Å². The molecule has 0 N–H and O–H groups in total. The average molecular weight is 726 g/mol. The molecule has 0 radical (unpaired) electrons. The minimum atomic E-state index is 1.09. The molecule has 10 aromatic carbocycles. The van der Waals surface area contributed by atoms with Crippen LogP contribution >= 0.6 is 0 Å². The second kappa shape index (κ2) is 15.0. The van der Waals surface area contributed by atoms with Gasteiger partial charge in [0.1, 0.15) is 0 Å². The molecule has 0 aliphatic rings. The first-order chi connectivity index (χ1) is 28.3. The van der Waals surface area contributed by atoms with Gasteiger partial charge in [-0.05, 0) is 108 Å². The number of fused-ring (bicyclic) bond motifs is 3. The van der Waals surface area contributed by atoms with Crippen LogP contribution in [0.4, 0.5) is 17.1 Å². The van der Waals surface area contributed by atoms with Gasteiger partial charge in [0, 0.05) is 16.9 Å². The highest BCUT2D eigenvalue weighted by molar-refractivity contribution is 6.22. The first-order valence-corrected chi connectivity index (χ1v) is 19.6. The van der Waals surface area contributed by atoms with Crippen molar-refractivity contribution in [3.05, 3.63) is 237 Å². The van der Waals surface area contributed by atoms with E-state index in [9.17, 15) is 0 Å². The van der Waals surface area contributed by atoms with Gasteiger partial charge in [-0.1, -0.05) is 200 Å². The molecule has 0 aromatic heterocycles. The van der Waals surface area contributed by atoms with E-state index in [2.05, 4.69) is 241 Å². The second-order valence-corrected chi connectivity index (χ2v) is 14.5. The predicted molar refractivity (Wildman–Crippen MR) is 243 cm³/mol. The summed E-state index contributed by atoms with van der Waals surface area (Å²) >= 11 is 0. The number of rotatable bonds is 8. The lowest BCUT2D eigenvalue weighted by Gasteiger charge is -2.30. The Morgan fingerprint density at radius 1 is 0.228 bits per heavy atom. The van der Waals surface area contributed by atoms with Crippen LogP contribution in [0.2, 0.25) is 0 Å². The van der Waals surface area contributed by atoms with Crippen molar-refractivity contribution in [3.8, 4) is 55.6 Å². The average Bonchev–Trinajstić information content (AvgIpc) is 3.30. The summed E-state index contributed by atoms with van der Waals surface area (Å²) in [5, 5.41) is 4.90. The van der Waals surface area contributed by atoms with E-state index in [1.54, 1.807) is 0 Å². The summed E-state index contributed by atoms with van der Waals surface area (Å²) in [4.78, 5) is 2.46. The lowest BCUT2D eigenvalue weighted by atomic mass is 9.85. The van der Waals surface area contributed by atoms with Crippen molar-refractivity contribution in [1.29, 1.82) is 0 Å². The zero-order chi connectivity index (χ0) is 38.0. The maximum absolute atomic E-state index is 2.46. The molecule has 10 rings (SSSR count). The van der Waals surface area contributed by atoms with Crippen LogP contribution in [-0.4, -0.2) is 0 Å². The Hall–Kier alpha value is -7.48. The number of anilines is 3. The van der Waals surface area contributed by atoms with Crippen molar-refractivity contribution < 1.29 is 0 Å². The van der Waals surface area contributed by atoms with E-state index in [1.807, 2.05) is 0 Å². The van der Waals surface area contributed by atoms with Gasteiger partial charge >= 0.3 is 0 Å². The Bertz CT molecular complexity index is 2920. The molecule has 0 amide bonds. The molecule has 0 saturated carbocycles. The van der Waals surface area contributed by atoms with Crippen molar-refractivity contribution in [1.82, 2.24) is 0 Å². The highest BCUT2D eigenvalue weighted by Gasteiger charge is 2.22. The monoisotopic (exact) mass is 725 g/mol. The smallest absolute Gasteiger partial charge is 0.0540 e. The summed E-state index contributed by atoms with van der Waals surface area (Å²) in [6.45, 7) is 0. The number of hydrogen-bond donors (Lipinski definition) is 0. The fourth-order valence-electron chi connectivity index (χ4n) is 8.42. The highest BCUT2D eigenvalue weighted by Crippen LogP contribution is 2.48. The fraction of sp³-hybridized carbons (Fsp3) is 0. The summed E-state index contributed by atoms with van der Waals surface area (Å²) in [5.74, 6) is 0. The molecule has 57 heavy (non-hydrogen) atoms. The number of benzene rings is 10. The van der Waals surface area contributed by atoms with Crippen molar-refractivity contribution in [2.75, 3.05) is 4.90 Å². The zero-order valence-corrected chi connectivity index (χ0v) is 31.5.